The molecular weight excluding hydrogens is 244 g/mol. The number of benzene rings is 1. The number of likely N-dealkylation sites (tertiary alicyclic amines) is 1. The van der Waals surface area contributed by atoms with Crippen LogP contribution in [0.25, 0.3) is 0 Å². The topological polar surface area (TPSA) is 29.3 Å². The quantitative estimate of drug-likeness (QED) is 0.915. The molecule has 20 heavy (non-hydrogen) atoms. The second kappa shape index (κ2) is 5.87. The number of hydrogen-bond donors (Lipinski definition) is 1. The highest BCUT2D eigenvalue weighted by Gasteiger charge is 2.37. The van der Waals surface area contributed by atoms with Gasteiger partial charge in [-0.1, -0.05) is 37.1 Å². The van der Waals surface area contributed by atoms with Gasteiger partial charge >= 0.3 is 0 Å². The molecule has 0 atom stereocenters. The van der Waals surface area contributed by atoms with Crippen molar-refractivity contribution in [2.24, 2.45) is 5.73 Å². The molecule has 1 saturated heterocycles. The van der Waals surface area contributed by atoms with E-state index in [1.807, 2.05) is 0 Å². The molecule has 110 valence electrons. The standard InChI is InChI=1S/C18H28N2/c1-15-6-2-5-9-17(15)18(14-19)10-12-20(13-11-18)16-7-3-4-8-16/h2,5-6,9,16H,3-4,7-8,10-14,19H2,1H3. The molecular formula is C18H28N2. The zero-order valence-corrected chi connectivity index (χ0v) is 12.8. The maximum atomic E-state index is 6.22. The van der Waals surface area contributed by atoms with Crippen LogP contribution in [0.1, 0.15) is 49.7 Å². The Hall–Kier alpha value is -0.860. The lowest BCUT2D eigenvalue weighted by Crippen LogP contribution is -2.49. The highest BCUT2D eigenvalue weighted by molar-refractivity contribution is 5.34. The molecule has 2 heteroatoms. The second-order valence-corrected chi connectivity index (χ2v) is 6.77. The molecule has 1 aliphatic carbocycles. The van der Waals surface area contributed by atoms with E-state index in [0.29, 0.717) is 0 Å². The summed E-state index contributed by atoms with van der Waals surface area (Å²) >= 11 is 0. The number of rotatable bonds is 3. The van der Waals surface area contributed by atoms with E-state index < -0.39 is 0 Å². The predicted molar refractivity (Wildman–Crippen MR) is 85.0 cm³/mol. The van der Waals surface area contributed by atoms with Crippen LogP contribution in [0.15, 0.2) is 24.3 Å². The van der Waals surface area contributed by atoms with Gasteiger partial charge in [0, 0.05) is 18.0 Å². The smallest absolute Gasteiger partial charge is 0.0102 e. The SMILES string of the molecule is Cc1ccccc1C1(CN)CCN(C2CCCC2)CC1. The first kappa shape index (κ1) is 14.1. The Bertz CT molecular complexity index is 440. The molecule has 0 amide bonds. The summed E-state index contributed by atoms with van der Waals surface area (Å²) in [4.78, 5) is 2.74. The zero-order chi connectivity index (χ0) is 14.0. The van der Waals surface area contributed by atoms with E-state index in [1.165, 1.54) is 62.7 Å². The van der Waals surface area contributed by atoms with E-state index in [4.69, 9.17) is 5.73 Å². The van der Waals surface area contributed by atoms with Gasteiger partial charge in [-0.2, -0.15) is 0 Å². The van der Waals surface area contributed by atoms with Crippen molar-refractivity contribution in [3.8, 4) is 0 Å². The van der Waals surface area contributed by atoms with Crippen molar-refractivity contribution in [1.82, 2.24) is 4.90 Å². The summed E-state index contributed by atoms with van der Waals surface area (Å²) in [6.45, 7) is 5.48. The summed E-state index contributed by atoms with van der Waals surface area (Å²) in [6, 6.07) is 9.70. The fraction of sp³-hybridized carbons (Fsp3) is 0.667. The van der Waals surface area contributed by atoms with Crippen LogP contribution in [-0.4, -0.2) is 30.6 Å². The van der Waals surface area contributed by atoms with Crippen LogP contribution in [0.2, 0.25) is 0 Å². The van der Waals surface area contributed by atoms with Gasteiger partial charge in [-0.05, 0) is 56.8 Å². The summed E-state index contributed by atoms with van der Waals surface area (Å²) in [5.41, 5.74) is 9.35. The second-order valence-electron chi connectivity index (χ2n) is 6.77. The van der Waals surface area contributed by atoms with Crippen molar-refractivity contribution in [3.63, 3.8) is 0 Å². The van der Waals surface area contributed by atoms with Crippen molar-refractivity contribution in [2.45, 2.75) is 56.9 Å². The van der Waals surface area contributed by atoms with Crippen molar-refractivity contribution in [1.29, 1.82) is 0 Å². The minimum absolute atomic E-state index is 0.223. The lowest BCUT2D eigenvalue weighted by atomic mass is 9.71. The van der Waals surface area contributed by atoms with E-state index in [-0.39, 0.29) is 5.41 Å². The maximum Gasteiger partial charge on any atom is 0.0102 e. The summed E-state index contributed by atoms with van der Waals surface area (Å²) in [5.74, 6) is 0. The van der Waals surface area contributed by atoms with Gasteiger partial charge in [0.1, 0.15) is 0 Å². The molecule has 1 heterocycles. The third kappa shape index (κ3) is 2.51. The van der Waals surface area contributed by atoms with Crippen LogP contribution >= 0.6 is 0 Å². The molecule has 1 aliphatic heterocycles. The Morgan fingerprint density at radius 2 is 1.80 bits per heavy atom. The molecule has 2 N–H and O–H groups in total. The minimum Gasteiger partial charge on any atom is -0.330 e. The molecule has 1 saturated carbocycles. The monoisotopic (exact) mass is 272 g/mol. The Morgan fingerprint density at radius 3 is 2.40 bits per heavy atom. The lowest BCUT2D eigenvalue weighted by molar-refractivity contribution is 0.118. The molecule has 1 aromatic carbocycles. The maximum absolute atomic E-state index is 6.22. The van der Waals surface area contributed by atoms with Gasteiger partial charge in [-0.25, -0.2) is 0 Å². The normalized spacial score (nSPS) is 24.1. The molecule has 2 aliphatic rings. The number of nitrogens with two attached hydrogens (primary N) is 1. The number of aryl methyl sites for hydroxylation is 1. The Kier molecular flexibility index (Phi) is 4.13. The number of piperidine rings is 1. The van der Waals surface area contributed by atoms with E-state index in [1.54, 1.807) is 0 Å². The third-order valence-corrected chi connectivity index (χ3v) is 5.70. The zero-order valence-electron chi connectivity index (χ0n) is 12.8. The van der Waals surface area contributed by atoms with Crippen LogP contribution in [-0.2, 0) is 5.41 Å². The minimum atomic E-state index is 0.223. The van der Waals surface area contributed by atoms with Gasteiger partial charge in [-0.3, -0.25) is 0 Å². The predicted octanol–water partition coefficient (Wildman–Crippen LogP) is 3.23. The summed E-state index contributed by atoms with van der Waals surface area (Å²) in [6.07, 6.45) is 8.15. The fourth-order valence-corrected chi connectivity index (χ4v) is 4.34. The van der Waals surface area contributed by atoms with E-state index in [9.17, 15) is 0 Å². The average molecular weight is 272 g/mol. The van der Waals surface area contributed by atoms with Crippen molar-refractivity contribution in [3.05, 3.63) is 35.4 Å². The first-order valence-corrected chi connectivity index (χ1v) is 8.25. The Labute approximate surface area is 123 Å². The Morgan fingerprint density at radius 1 is 1.15 bits per heavy atom. The third-order valence-electron chi connectivity index (χ3n) is 5.70. The lowest BCUT2D eigenvalue weighted by Gasteiger charge is -2.44. The molecule has 0 unspecified atom stereocenters. The molecule has 0 spiro atoms. The number of nitrogens with zero attached hydrogens (tertiary/aromatic N) is 1. The van der Waals surface area contributed by atoms with Gasteiger partial charge in [0.2, 0.25) is 0 Å². The molecule has 2 fully saturated rings. The van der Waals surface area contributed by atoms with Crippen molar-refractivity contribution < 1.29 is 0 Å². The largest absolute Gasteiger partial charge is 0.330 e. The summed E-state index contributed by atoms with van der Waals surface area (Å²) in [5, 5.41) is 0. The van der Waals surface area contributed by atoms with Crippen molar-refractivity contribution in [2.75, 3.05) is 19.6 Å². The Balaban J connectivity index is 1.74. The van der Waals surface area contributed by atoms with Gasteiger partial charge in [0.05, 0.1) is 0 Å². The van der Waals surface area contributed by atoms with Crippen molar-refractivity contribution >= 4 is 0 Å². The first-order chi connectivity index (χ1) is 9.75. The van der Waals surface area contributed by atoms with E-state index in [2.05, 4.69) is 36.1 Å². The van der Waals surface area contributed by atoms with Gasteiger partial charge in [0.25, 0.3) is 0 Å². The van der Waals surface area contributed by atoms with Crippen LogP contribution in [0.3, 0.4) is 0 Å². The molecule has 0 aromatic heterocycles. The molecule has 2 nitrogen and oxygen atoms in total. The highest BCUT2D eigenvalue weighted by atomic mass is 15.2. The highest BCUT2D eigenvalue weighted by Crippen LogP contribution is 2.38. The molecule has 0 bridgehead atoms. The molecule has 0 radical (unpaired) electrons. The number of hydrogen-bond acceptors (Lipinski definition) is 2. The summed E-state index contributed by atoms with van der Waals surface area (Å²) < 4.78 is 0. The first-order valence-electron chi connectivity index (χ1n) is 8.25. The van der Waals surface area contributed by atoms with Crippen LogP contribution in [0.4, 0.5) is 0 Å². The van der Waals surface area contributed by atoms with Gasteiger partial charge < -0.3 is 10.6 Å². The van der Waals surface area contributed by atoms with Crippen LogP contribution in [0.5, 0.6) is 0 Å². The van der Waals surface area contributed by atoms with E-state index >= 15 is 0 Å². The van der Waals surface area contributed by atoms with Gasteiger partial charge in [0.15, 0.2) is 0 Å². The van der Waals surface area contributed by atoms with E-state index in [0.717, 1.165) is 12.6 Å². The fourth-order valence-electron chi connectivity index (χ4n) is 4.34. The average Bonchev–Trinajstić information content (AvgIpc) is 3.02. The van der Waals surface area contributed by atoms with Gasteiger partial charge in [-0.15, -0.1) is 0 Å². The summed E-state index contributed by atoms with van der Waals surface area (Å²) in [7, 11) is 0. The van der Waals surface area contributed by atoms with Crippen LogP contribution < -0.4 is 5.73 Å². The van der Waals surface area contributed by atoms with Crippen LogP contribution in [0, 0.1) is 6.92 Å². The molecule has 1 aromatic rings. The molecule has 3 rings (SSSR count).